The van der Waals surface area contributed by atoms with E-state index >= 15 is 0 Å². The zero-order valence-electron chi connectivity index (χ0n) is 13.0. The van der Waals surface area contributed by atoms with Crippen molar-refractivity contribution in [2.45, 2.75) is 32.1 Å². The van der Waals surface area contributed by atoms with Crippen LogP contribution in [0.2, 0.25) is 5.02 Å². The number of carbonyl (C=O) groups excluding carboxylic acids is 1. The molecule has 0 heterocycles. The molecule has 0 saturated heterocycles. The van der Waals surface area contributed by atoms with E-state index in [9.17, 15) is 9.59 Å². The van der Waals surface area contributed by atoms with Crippen molar-refractivity contribution in [1.29, 1.82) is 0 Å². The van der Waals surface area contributed by atoms with E-state index in [1.165, 1.54) is 0 Å². The van der Waals surface area contributed by atoms with E-state index in [4.69, 9.17) is 21.4 Å². The summed E-state index contributed by atoms with van der Waals surface area (Å²) in [5, 5.41) is 12.6. The van der Waals surface area contributed by atoms with Gasteiger partial charge in [0, 0.05) is 5.02 Å². The molecule has 6 heteroatoms. The standard InChI is InChI=1S/C17H22ClNO4/c18-14-5-7-15(8-6-14)23-16(20)11-19-10-9-12-1-3-13(4-2-12)17(21)22/h5-8,12-13,19H,1-4,9-11H2,(H,21,22). The molecule has 0 spiro atoms. The van der Waals surface area contributed by atoms with E-state index in [1.807, 2.05) is 0 Å². The molecule has 1 aromatic rings. The third-order valence-electron chi connectivity index (χ3n) is 4.24. The van der Waals surface area contributed by atoms with Crippen LogP contribution in [0.15, 0.2) is 24.3 Å². The molecule has 0 aromatic heterocycles. The van der Waals surface area contributed by atoms with E-state index in [1.54, 1.807) is 24.3 Å². The predicted octanol–water partition coefficient (Wildman–Crippen LogP) is 3.12. The van der Waals surface area contributed by atoms with Crippen LogP contribution in [0.3, 0.4) is 0 Å². The number of hydrogen-bond acceptors (Lipinski definition) is 4. The number of hydrogen-bond donors (Lipinski definition) is 2. The van der Waals surface area contributed by atoms with Crippen LogP contribution in [0.25, 0.3) is 0 Å². The van der Waals surface area contributed by atoms with Crippen molar-refractivity contribution < 1.29 is 19.4 Å². The minimum absolute atomic E-state index is 0.160. The maximum atomic E-state index is 11.7. The molecule has 0 radical (unpaired) electrons. The highest BCUT2D eigenvalue weighted by atomic mass is 35.5. The lowest BCUT2D eigenvalue weighted by molar-refractivity contribution is -0.143. The predicted molar refractivity (Wildman–Crippen MR) is 87.7 cm³/mol. The summed E-state index contributed by atoms with van der Waals surface area (Å²) in [6, 6.07) is 6.65. The SMILES string of the molecule is O=C(CNCCC1CCC(C(=O)O)CC1)Oc1ccc(Cl)cc1. The van der Waals surface area contributed by atoms with E-state index in [2.05, 4.69) is 5.32 Å². The van der Waals surface area contributed by atoms with Crippen molar-refractivity contribution in [2.75, 3.05) is 13.1 Å². The van der Waals surface area contributed by atoms with Gasteiger partial charge in [0.2, 0.25) is 0 Å². The number of rotatable bonds is 7. The highest BCUT2D eigenvalue weighted by Gasteiger charge is 2.25. The molecule has 0 atom stereocenters. The molecule has 2 rings (SSSR count). The van der Waals surface area contributed by atoms with Gasteiger partial charge in [0.05, 0.1) is 12.5 Å². The zero-order chi connectivity index (χ0) is 16.7. The Labute approximate surface area is 141 Å². The van der Waals surface area contributed by atoms with Crippen LogP contribution in [0, 0.1) is 11.8 Å². The fourth-order valence-electron chi connectivity index (χ4n) is 2.86. The number of benzene rings is 1. The molecular formula is C17H22ClNO4. The van der Waals surface area contributed by atoms with Crippen LogP contribution in [0.4, 0.5) is 0 Å². The summed E-state index contributed by atoms with van der Waals surface area (Å²) in [5.41, 5.74) is 0. The number of carboxylic acids is 1. The first-order valence-corrected chi connectivity index (χ1v) is 8.32. The molecule has 1 aliphatic rings. The molecule has 0 amide bonds. The zero-order valence-corrected chi connectivity index (χ0v) is 13.7. The Balaban J connectivity index is 1.57. The lowest BCUT2D eigenvalue weighted by atomic mass is 9.80. The topological polar surface area (TPSA) is 75.6 Å². The molecule has 1 aromatic carbocycles. The van der Waals surface area contributed by atoms with Gasteiger partial charge >= 0.3 is 11.9 Å². The molecule has 1 fully saturated rings. The summed E-state index contributed by atoms with van der Waals surface area (Å²) in [7, 11) is 0. The van der Waals surface area contributed by atoms with Crippen LogP contribution in [-0.2, 0) is 9.59 Å². The van der Waals surface area contributed by atoms with Crippen LogP contribution < -0.4 is 10.1 Å². The molecule has 0 unspecified atom stereocenters. The summed E-state index contributed by atoms with van der Waals surface area (Å²) in [6.07, 6.45) is 4.39. The number of esters is 1. The van der Waals surface area contributed by atoms with Crippen molar-refractivity contribution in [3.05, 3.63) is 29.3 Å². The van der Waals surface area contributed by atoms with E-state index in [0.717, 1.165) is 38.6 Å². The Morgan fingerprint density at radius 2 is 1.83 bits per heavy atom. The summed E-state index contributed by atoms with van der Waals surface area (Å²) in [5.74, 6) is -0.152. The van der Waals surface area contributed by atoms with Gasteiger partial charge in [-0.25, -0.2) is 0 Å². The summed E-state index contributed by atoms with van der Waals surface area (Å²) in [4.78, 5) is 22.6. The highest BCUT2D eigenvalue weighted by molar-refractivity contribution is 6.30. The second kappa shape index (κ2) is 8.89. The lowest BCUT2D eigenvalue weighted by Crippen LogP contribution is -2.29. The molecule has 0 aliphatic heterocycles. The summed E-state index contributed by atoms with van der Waals surface area (Å²) in [6.45, 7) is 0.894. The Bertz CT molecular complexity index is 524. The van der Waals surface area contributed by atoms with Gasteiger partial charge in [0.25, 0.3) is 0 Å². The molecule has 0 bridgehead atoms. The van der Waals surface area contributed by atoms with Crippen LogP contribution in [-0.4, -0.2) is 30.1 Å². The minimum atomic E-state index is -0.675. The number of ether oxygens (including phenoxy) is 1. The van der Waals surface area contributed by atoms with Crippen LogP contribution in [0.5, 0.6) is 5.75 Å². The van der Waals surface area contributed by atoms with E-state index in [-0.39, 0.29) is 18.4 Å². The van der Waals surface area contributed by atoms with Gasteiger partial charge < -0.3 is 15.2 Å². The first-order chi connectivity index (χ1) is 11.0. The number of nitrogens with one attached hydrogen (secondary N) is 1. The molecule has 23 heavy (non-hydrogen) atoms. The van der Waals surface area contributed by atoms with Gasteiger partial charge in [0.1, 0.15) is 5.75 Å². The normalized spacial score (nSPS) is 20.9. The summed E-state index contributed by atoms with van der Waals surface area (Å²) >= 11 is 5.77. The number of halogens is 1. The minimum Gasteiger partial charge on any atom is -0.481 e. The molecule has 5 nitrogen and oxygen atoms in total. The average molecular weight is 340 g/mol. The third-order valence-corrected chi connectivity index (χ3v) is 4.49. The van der Waals surface area contributed by atoms with Crippen molar-refractivity contribution in [3.63, 3.8) is 0 Å². The van der Waals surface area contributed by atoms with Gasteiger partial charge in [-0.1, -0.05) is 11.6 Å². The first-order valence-electron chi connectivity index (χ1n) is 7.94. The fourth-order valence-corrected chi connectivity index (χ4v) is 2.99. The van der Waals surface area contributed by atoms with Gasteiger partial charge in [-0.3, -0.25) is 9.59 Å². The van der Waals surface area contributed by atoms with Gasteiger partial charge in [-0.15, -0.1) is 0 Å². The number of carbonyl (C=O) groups is 2. The average Bonchev–Trinajstić information content (AvgIpc) is 2.54. The Hall–Kier alpha value is -1.59. The quantitative estimate of drug-likeness (QED) is 0.453. The number of aliphatic carboxylic acids is 1. The Morgan fingerprint density at radius 3 is 2.43 bits per heavy atom. The molecule has 1 saturated carbocycles. The van der Waals surface area contributed by atoms with Crippen LogP contribution in [0.1, 0.15) is 32.1 Å². The van der Waals surface area contributed by atoms with Crippen LogP contribution >= 0.6 is 11.6 Å². The van der Waals surface area contributed by atoms with Crippen molar-refractivity contribution in [1.82, 2.24) is 5.32 Å². The maximum Gasteiger partial charge on any atom is 0.325 e. The molecule has 2 N–H and O–H groups in total. The largest absolute Gasteiger partial charge is 0.481 e. The molecule has 126 valence electrons. The third kappa shape index (κ3) is 6.20. The second-order valence-electron chi connectivity index (χ2n) is 5.95. The monoisotopic (exact) mass is 339 g/mol. The van der Waals surface area contributed by atoms with Gasteiger partial charge in [-0.05, 0) is 68.8 Å². The number of carboxylic acid groups (broad SMARTS) is 1. The first kappa shape index (κ1) is 17.8. The lowest BCUT2D eigenvalue weighted by Gasteiger charge is -2.25. The smallest absolute Gasteiger partial charge is 0.325 e. The van der Waals surface area contributed by atoms with Crippen molar-refractivity contribution in [3.8, 4) is 5.75 Å². The van der Waals surface area contributed by atoms with Gasteiger partial charge in [-0.2, -0.15) is 0 Å². The van der Waals surface area contributed by atoms with Crippen molar-refractivity contribution in [2.24, 2.45) is 11.8 Å². The summed E-state index contributed by atoms with van der Waals surface area (Å²) < 4.78 is 5.18. The Kier molecular flexibility index (Phi) is 6.86. The highest BCUT2D eigenvalue weighted by Crippen LogP contribution is 2.30. The maximum absolute atomic E-state index is 11.7. The fraction of sp³-hybridized carbons (Fsp3) is 0.529. The molecule has 1 aliphatic carbocycles. The molecular weight excluding hydrogens is 318 g/mol. The second-order valence-corrected chi connectivity index (χ2v) is 6.39. The van der Waals surface area contributed by atoms with Gasteiger partial charge in [0.15, 0.2) is 0 Å². The van der Waals surface area contributed by atoms with E-state index in [0.29, 0.717) is 16.7 Å². The van der Waals surface area contributed by atoms with E-state index < -0.39 is 5.97 Å². The Morgan fingerprint density at radius 1 is 1.17 bits per heavy atom. The van der Waals surface area contributed by atoms with Crippen molar-refractivity contribution >= 4 is 23.5 Å².